The van der Waals surface area contributed by atoms with E-state index in [1.807, 2.05) is 6.92 Å². The zero-order valence-electron chi connectivity index (χ0n) is 13.3. The van der Waals surface area contributed by atoms with Gasteiger partial charge in [0, 0.05) is 40.7 Å². The van der Waals surface area contributed by atoms with E-state index in [1.54, 1.807) is 27.0 Å². The van der Waals surface area contributed by atoms with Crippen molar-refractivity contribution in [3.05, 3.63) is 55.3 Å². The summed E-state index contributed by atoms with van der Waals surface area (Å²) in [6.45, 7) is 2.37. The minimum atomic E-state index is -0.397. The van der Waals surface area contributed by atoms with E-state index in [0.29, 0.717) is 17.1 Å². The van der Waals surface area contributed by atoms with Crippen molar-refractivity contribution >= 4 is 28.8 Å². The maximum Gasteiger partial charge on any atom is 0.307 e. The molecule has 1 heterocycles. The Morgan fingerprint density at radius 1 is 1.46 bits per heavy atom. The van der Waals surface area contributed by atoms with Crippen molar-refractivity contribution in [2.24, 2.45) is 0 Å². The van der Waals surface area contributed by atoms with Crippen molar-refractivity contribution in [2.75, 3.05) is 0 Å². The van der Waals surface area contributed by atoms with Gasteiger partial charge in [0.25, 0.3) is 0 Å². The maximum atomic E-state index is 14.0. The first kappa shape index (κ1) is 17.2. The van der Waals surface area contributed by atoms with Crippen LogP contribution in [0.2, 0.25) is 5.02 Å². The third-order valence-corrected chi connectivity index (χ3v) is 5.46. The number of rotatable bonds is 6. The lowest BCUT2D eigenvalue weighted by atomic mass is 10.2. The van der Waals surface area contributed by atoms with Crippen molar-refractivity contribution < 1.29 is 9.18 Å². The Bertz CT molecular complexity index is 793. The molecule has 24 heavy (non-hydrogen) atoms. The fraction of sp³-hybridized carbons (Fsp3) is 0.412. The lowest BCUT2D eigenvalue weighted by Gasteiger charge is -2.23. The van der Waals surface area contributed by atoms with Crippen LogP contribution in [-0.4, -0.2) is 21.4 Å². The summed E-state index contributed by atoms with van der Waals surface area (Å²) in [4.78, 5) is 26.0. The number of benzene rings is 1. The Morgan fingerprint density at radius 2 is 2.21 bits per heavy atom. The van der Waals surface area contributed by atoms with Crippen LogP contribution in [0.5, 0.6) is 0 Å². The smallest absolute Gasteiger partial charge is 0.307 e. The van der Waals surface area contributed by atoms with E-state index < -0.39 is 5.82 Å². The van der Waals surface area contributed by atoms with E-state index >= 15 is 0 Å². The van der Waals surface area contributed by atoms with E-state index in [-0.39, 0.29) is 29.8 Å². The van der Waals surface area contributed by atoms with Crippen LogP contribution >= 0.6 is 22.9 Å². The van der Waals surface area contributed by atoms with E-state index in [2.05, 4.69) is 0 Å². The van der Waals surface area contributed by atoms with Crippen LogP contribution < -0.4 is 4.87 Å². The Morgan fingerprint density at radius 3 is 2.79 bits per heavy atom. The topological polar surface area (TPSA) is 42.3 Å². The van der Waals surface area contributed by atoms with Crippen LogP contribution in [0.4, 0.5) is 4.39 Å². The normalized spacial score (nSPS) is 14.0. The number of aromatic nitrogens is 1. The highest BCUT2D eigenvalue weighted by atomic mass is 35.5. The molecule has 0 saturated heterocycles. The molecule has 1 aromatic carbocycles. The molecule has 128 valence electrons. The number of halogens is 2. The van der Waals surface area contributed by atoms with Gasteiger partial charge in [-0.25, -0.2) is 4.39 Å². The fourth-order valence-electron chi connectivity index (χ4n) is 2.69. The van der Waals surface area contributed by atoms with Crippen molar-refractivity contribution in [3.63, 3.8) is 0 Å². The van der Waals surface area contributed by atoms with Gasteiger partial charge in [-0.2, -0.15) is 0 Å². The number of thiazole rings is 1. The number of hydrogen-bond donors (Lipinski definition) is 0. The van der Waals surface area contributed by atoms with E-state index in [4.69, 9.17) is 11.6 Å². The maximum absolute atomic E-state index is 14.0. The highest BCUT2D eigenvalue weighted by molar-refractivity contribution is 7.07. The molecule has 0 N–H and O–H groups in total. The summed E-state index contributed by atoms with van der Waals surface area (Å²) in [5.41, 5.74) is 1.20. The number of hydrogen-bond acceptors (Lipinski definition) is 3. The van der Waals surface area contributed by atoms with Gasteiger partial charge in [-0.3, -0.25) is 9.59 Å². The van der Waals surface area contributed by atoms with E-state index in [1.165, 1.54) is 6.07 Å². The minimum absolute atomic E-state index is 0.0598. The predicted molar refractivity (Wildman–Crippen MR) is 92.9 cm³/mol. The second-order valence-corrected chi connectivity index (χ2v) is 7.23. The van der Waals surface area contributed by atoms with Gasteiger partial charge in [0.2, 0.25) is 5.91 Å². The minimum Gasteiger partial charge on any atom is -0.335 e. The third kappa shape index (κ3) is 3.70. The standard InChI is InChI=1S/C17H18ClFN2O2S/c1-11-10-24-17(23)20(11)8-7-16(22)21(12-5-6-12)9-13-14(18)3-2-4-15(13)19/h2-4,10,12H,5-9H2,1H3. The quantitative estimate of drug-likeness (QED) is 0.782. The molecule has 0 aliphatic heterocycles. The van der Waals surface area contributed by atoms with Crippen molar-refractivity contribution in [2.45, 2.75) is 45.3 Å². The number of amides is 1. The van der Waals surface area contributed by atoms with Gasteiger partial charge >= 0.3 is 4.87 Å². The largest absolute Gasteiger partial charge is 0.335 e. The highest BCUT2D eigenvalue weighted by Gasteiger charge is 2.33. The molecule has 1 aromatic heterocycles. The molecule has 4 nitrogen and oxygen atoms in total. The number of aryl methyl sites for hydroxylation is 1. The van der Waals surface area contributed by atoms with Crippen molar-refractivity contribution in [1.29, 1.82) is 0 Å². The summed E-state index contributed by atoms with van der Waals surface area (Å²) < 4.78 is 15.6. The van der Waals surface area contributed by atoms with Gasteiger partial charge in [-0.05, 0) is 31.9 Å². The number of nitrogens with zero attached hydrogens (tertiary/aromatic N) is 2. The summed E-state index contributed by atoms with van der Waals surface area (Å²) in [5.74, 6) is -0.472. The number of carbonyl (C=O) groups is 1. The fourth-order valence-corrected chi connectivity index (χ4v) is 3.67. The summed E-state index contributed by atoms with van der Waals surface area (Å²) in [6.07, 6.45) is 2.07. The Labute approximate surface area is 148 Å². The monoisotopic (exact) mass is 368 g/mol. The van der Waals surface area contributed by atoms with Gasteiger partial charge < -0.3 is 9.47 Å². The second-order valence-electron chi connectivity index (χ2n) is 6.00. The van der Waals surface area contributed by atoms with Crippen LogP contribution in [0.3, 0.4) is 0 Å². The molecular formula is C17H18ClFN2O2S. The molecule has 0 atom stereocenters. The van der Waals surface area contributed by atoms with E-state index in [9.17, 15) is 14.0 Å². The molecule has 0 bridgehead atoms. The molecular weight excluding hydrogens is 351 g/mol. The van der Waals surface area contributed by atoms with Crippen LogP contribution in [0.15, 0.2) is 28.4 Å². The first-order valence-corrected chi connectivity index (χ1v) is 9.10. The highest BCUT2D eigenvalue weighted by Crippen LogP contribution is 2.31. The summed E-state index contributed by atoms with van der Waals surface area (Å²) >= 11 is 7.21. The van der Waals surface area contributed by atoms with Crippen LogP contribution in [0, 0.1) is 12.7 Å². The van der Waals surface area contributed by atoms with Gasteiger partial charge in [0.05, 0.1) is 6.54 Å². The molecule has 0 radical (unpaired) electrons. The lowest BCUT2D eigenvalue weighted by Crippen LogP contribution is -2.34. The zero-order valence-corrected chi connectivity index (χ0v) is 14.9. The van der Waals surface area contributed by atoms with Crippen LogP contribution in [0.1, 0.15) is 30.5 Å². The van der Waals surface area contributed by atoms with Gasteiger partial charge in [-0.1, -0.05) is 29.0 Å². The average Bonchev–Trinajstić information content (AvgIpc) is 3.32. The number of carbonyl (C=O) groups excluding carboxylic acids is 1. The van der Waals surface area contributed by atoms with Crippen LogP contribution in [0.25, 0.3) is 0 Å². The predicted octanol–water partition coefficient (Wildman–Crippen LogP) is 3.59. The van der Waals surface area contributed by atoms with E-state index in [0.717, 1.165) is 29.9 Å². The second kappa shape index (κ2) is 7.07. The zero-order chi connectivity index (χ0) is 17.3. The summed E-state index contributed by atoms with van der Waals surface area (Å²) in [7, 11) is 0. The molecule has 2 aromatic rings. The first-order chi connectivity index (χ1) is 11.5. The average molecular weight is 369 g/mol. The molecule has 1 fully saturated rings. The molecule has 0 spiro atoms. The first-order valence-electron chi connectivity index (χ1n) is 7.84. The Kier molecular flexibility index (Phi) is 5.06. The molecule has 7 heteroatoms. The van der Waals surface area contributed by atoms with Gasteiger partial charge in [0.1, 0.15) is 5.82 Å². The molecule has 1 aliphatic rings. The molecule has 0 unspecified atom stereocenters. The Balaban J connectivity index is 1.72. The van der Waals surface area contributed by atoms with Gasteiger partial charge in [-0.15, -0.1) is 0 Å². The molecule has 1 saturated carbocycles. The van der Waals surface area contributed by atoms with Gasteiger partial charge in [0.15, 0.2) is 0 Å². The van der Waals surface area contributed by atoms with Crippen molar-refractivity contribution in [3.8, 4) is 0 Å². The summed E-state index contributed by atoms with van der Waals surface area (Å²) in [5, 5.41) is 2.11. The lowest BCUT2D eigenvalue weighted by molar-refractivity contribution is -0.132. The SMILES string of the molecule is Cc1csc(=O)n1CCC(=O)N(Cc1c(F)cccc1Cl)C1CC1. The molecule has 3 rings (SSSR count). The molecule has 1 amide bonds. The van der Waals surface area contributed by atoms with Crippen LogP contribution in [-0.2, 0) is 17.9 Å². The van der Waals surface area contributed by atoms with Crippen molar-refractivity contribution in [1.82, 2.24) is 9.47 Å². The third-order valence-electron chi connectivity index (χ3n) is 4.22. The molecule has 1 aliphatic carbocycles. The summed E-state index contributed by atoms with van der Waals surface area (Å²) in [6, 6.07) is 4.68. The Hall–Kier alpha value is -1.66.